The van der Waals surface area contributed by atoms with E-state index in [-0.39, 0.29) is 30.6 Å². The molecule has 0 aromatic heterocycles. The molecule has 2 heterocycles. The molecule has 2 amide bonds. The molecule has 0 unspecified atom stereocenters. The Kier molecular flexibility index (Phi) is 3.22. The highest BCUT2D eigenvalue weighted by Gasteiger charge is 2.27. The molecule has 0 saturated carbocycles. The molecule has 5 nitrogen and oxygen atoms in total. The van der Waals surface area contributed by atoms with Gasteiger partial charge in [0, 0.05) is 26.1 Å². The molecule has 88 valence electrons. The third-order valence-corrected chi connectivity index (χ3v) is 3.10. The van der Waals surface area contributed by atoms with Gasteiger partial charge in [0.2, 0.25) is 11.8 Å². The summed E-state index contributed by atoms with van der Waals surface area (Å²) in [5, 5.41) is 0. The summed E-state index contributed by atoms with van der Waals surface area (Å²) in [6.45, 7) is 2.39. The van der Waals surface area contributed by atoms with Crippen LogP contribution >= 0.6 is 0 Å². The summed E-state index contributed by atoms with van der Waals surface area (Å²) in [7, 11) is 0. The summed E-state index contributed by atoms with van der Waals surface area (Å²) >= 11 is 0. The van der Waals surface area contributed by atoms with Gasteiger partial charge in [-0.05, 0) is 12.8 Å². The van der Waals surface area contributed by atoms with E-state index in [9.17, 15) is 14.4 Å². The Balaban J connectivity index is 1.70. The number of amides is 2. The van der Waals surface area contributed by atoms with Crippen LogP contribution in [0.2, 0.25) is 0 Å². The number of ketones is 1. The smallest absolute Gasteiger partial charge is 0.230 e. The summed E-state index contributed by atoms with van der Waals surface area (Å²) < 4.78 is 0. The van der Waals surface area contributed by atoms with Crippen molar-refractivity contribution >= 4 is 17.6 Å². The Bertz CT molecular complexity index is 327. The lowest BCUT2D eigenvalue weighted by molar-refractivity contribution is -0.128. The average Bonchev–Trinajstić information content (AvgIpc) is 2.75. The molecule has 0 atom stereocenters. The van der Waals surface area contributed by atoms with Gasteiger partial charge in [-0.3, -0.25) is 14.4 Å². The fourth-order valence-electron chi connectivity index (χ4n) is 2.23. The monoisotopic (exact) mass is 224 g/mol. The zero-order valence-electron chi connectivity index (χ0n) is 9.28. The van der Waals surface area contributed by atoms with Crippen LogP contribution in [-0.2, 0) is 14.4 Å². The Morgan fingerprint density at radius 1 is 1.00 bits per heavy atom. The molecular formula is C11H16N2O3. The number of nitrogens with zero attached hydrogens (tertiary/aromatic N) is 2. The number of hydrogen-bond donors (Lipinski definition) is 0. The predicted molar refractivity (Wildman–Crippen MR) is 56.6 cm³/mol. The van der Waals surface area contributed by atoms with Crippen LogP contribution in [0.3, 0.4) is 0 Å². The summed E-state index contributed by atoms with van der Waals surface area (Å²) in [6.07, 6.45) is 2.43. The predicted octanol–water partition coefficient (Wildman–Crippen LogP) is -0.200. The molecule has 0 N–H and O–H groups in total. The Morgan fingerprint density at radius 3 is 2.31 bits per heavy atom. The van der Waals surface area contributed by atoms with E-state index in [1.807, 2.05) is 4.90 Å². The second kappa shape index (κ2) is 4.63. The zero-order chi connectivity index (χ0) is 11.5. The zero-order valence-corrected chi connectivity index (χ0v) is 9.28. The molecule has 0 aliphatic carbocycles. The number of hydrogen-bond acceptors (Lipinski definition) is 3. The Hall–Kier alpha value is -1.39. The summed E-state index contributed by atoms with van der Waals surface area (Å²) in [6, 6.07) is 0. The van der Waals surface area contributed by atoms with Crippen molar-refractivity contribution in [2.75, 3.05) is 26.2 Å². The fourth-order valence-corrected chi connectivity index (χ4v) is 2.23. The number of likely N-dealkylation sites (tertiary alicyclic amines) is 2. The van der Waals surface area contributed by atoms with E-state index in [1.54, 1.807) is 4.90 Å². The first-order valence-corrected chi connectivity index (χ1v) is 5.74. The molecule has 2 aliphatic heterocycles. The van der Waals surface area contributed by atoms with Gasteiger partial charge in [0.05, 0.1) is 13.0 Å². The van der Waals surface area contributed by atoms with Gasteiger partial charge in [0.25, 0.3) is 0 Å². The molecule has 5 heteroatoms. The first kappa shape index (κ1) is 11.1. The van der Waals surface area contributed by atoms with Gasteiger partial charge in [0.1, 0.15) is 0 Å². The van der Waals surface area contributed by atoms with Crippen molar-refractivity contribution in [3.8, 4) is 0 Å². The molecule has 16 heavy (non-hydrogen) atoms. The second-order valence-corrected chi connectivity index (χ2v) is 4.37. The van der Waals surface area contributed by atoms with Crippen LogP contribution in [-0.4, -0.2) is 53.6 Å². The molecule has 2 saturated heterocycles. The molecular weight excluding hydrogens is 208 g/mol. The van der Waals surface area contributed by atoms with E-state index >= 15 is 0 Å². The van der Waals surface area contributed by atoms with E-state index < -0.39 is 0 Å². The van der Waals surface area contributed by atoms with Crippen LogP contribution in [0.15, 0.2) is 0 Å². The highest BCUT2D eigenvalue weighted by molar-refractivity contribution is 6.05. The highest BCUT2D eigenvalue weighted by Crippen LogP contribution is 2.11. The maximum Gasteiger partial charge on any atom is 0.230 e. The van der Waals surface area contributed by atoms with Gasteiger partial charge in [-0.15, -0.1) is 0 Å². The fraction of sp³-hybridized carbons (Fsp3) is 0.727. The molecule has 2 fully saturated rings. The van der Waals surface area contributed by atoms with Gasteiger partial charge >= 0.3 is 0 Å². The van der Waals surface area contributed by atoms with Gasteiger partial charge in [-0.25, -0.2) is 0 Å². The van der Waals surface area contributed by atoms with Crippen LogP contribution in [0.25, 0.3) is 0 Å². The number of Topliss-reactive ketones (excluding diaryl/α,β-unsaturated/α-hetero) is 1. The van der Waals surface area contributed by atoms with Crippen LogP contribution < -0.4 is 0 Å². The van der Waals surface area contributed by atoms with Crippen molar-refractivity contribution in [3.63, 3.8) is 0 Å². The molecule has 0 spiro atoms. The molecule has 0 aromatic carbocycles. The van der Waals surface area contributed by atoms with Crippen molar-refractivity contribution in [3.05, 3.63) is 0 Å². The van der Waals surface area contributed by atoms with Crippen LogP contribution in [0.4, 0.5) is 0 Å². The van der Waals surface area contributed by atoms with Gasteiger partial charge in [-0.1, -0.05) is 0 Å². The van der Waals surface area contributed by atoms with Gasteiger partial charge in [-0.2, -0.15) is 0 Å². The van der Waals surface area contributed by atoms with Gasteiger partial charge < -0.3 is 9.80 Å². The normalized spacial score (nSPS) is 21.4. The molecule has 0 aromatic rings. The quantitative estimate of drug-likeness (QED) is 0.621. The summed E-state index contributed by atoms with van der Waals surface area (Å²) in [5.74, 6) is 0.142. The summed E-state index contributed by atoms with van der Waals surface area (Å²) in [5.41, 5.74) is 0. The topological polar surface area (TPSA) is 57.7 Å². The maximum absolute atomic E-state index is 11.3. The SMILES string of the molecule is O=C1CC(=O)N(CCCN2CCCC2=O)C1. The molecule has 2 aliphatic rings. The molecule has 0 radical (unpaired) electrons. The molecule has 0 bridgehead atoms. The van der Waals surface area contributed by atoms with Crippen LogP contribution in [0.5, 0.6) is 0 Å². The van der Waals surface area contributed by atoms with E-state index in [1.165, 1.54) is 0 Å². The number of carbonyl (C=O) groups is 3. The van der Waals surface area contributed by atoms with Crippen molar-refractivity contribution in [2.24, 2.45) is 0 Å². The largest absolute Gasteiger partial charge is 0.343 e. The van der Waals surface area contributed by atoms with E-state index in [4.69, 9.17) is 0 Å². The van der Waals surface area contributed by atoms with E-state index in [2.05, 4.69) is 0 Å². The lowest BCUT2D eigenvalue weighted by atomic mass is 10.3. The van der Waals surface area contributed by atoms with Gasteiger partial charge in [0.15, 0.2) is 5.78 Å². The minimum absolute atomic E-state index is 0.00208. The van der Waals surface area contributed by atoms with Crippen LogP contribution in [0, 0.1) is 0 Å². The Labute approximate surface area is 94.4 Å². The minimum atomic E-state index is -0.0715. The first-order chi connectivity index (χ1) is 7.66. The first-order valence-electron chi connectivity index (χ1n) is 5.74. The Morgan fingerprint density at radius 2 is 1.75 bits per heavy atom. The highest BCUT2D eigenvalue weighted by atomic mass is 16.2. The number of carbonyl (C=O) groups excluding carboxylic acids is 3. The van der Waals surface area contributed by atoms with Crippen LogP contribution in [0.1, 0.15) is 25.7 Å². The van der Waals surface area contributed by atoms with E-state index in [0.29, 0.717) is 19.5 Å². The number of rotatable bonds is 4. The molecule has 2 rings (SSSR count). The third-order valence-electron chi connectivity index (χ3n) is 3.10. The van der Waals surface area contributed by atoms with Crippen molar-refractivity contribution in [1.29, 1.82) is 0 Å². The standard InChI is InChI=1S/C11H16N2O3/c14-9-7-11(16)13(8-9)6-2-5-12-4-1-3-10(12)15/h1-8H2. The lowest BCUT2D eigenvalue weighted by Crippen LogP contribution is -2.31. The minimum Gasteiger partial charge on any atom is -0.343 e. The van der Waals surface area contributed by atoms with Crippen molar-refractivity contribution in [2.45, 2.75) is 25.7 Å². The second-order valence-electron chi connectivity index (χ2n) is 4.37. The third kappa shape index (κ3) is 2.40. The van der Waals surface area contributed by atoms with Crippen molar-refractivity contribution in [1.82, 2.24) is 9.80 Å². The summed E-state index contributed by atoms with van der Waals surface area (Å²) in [4.78, 5) is 37.0. The average molecular weight is 224 g/mol. The van der Waals surface area contributed by atoms with Crippen molar-refractivity contribution < 1.29 is 14.4 Å². The van der Waals surface area contributed by atoms with E-state index in [0.717, 1.165) is 19.4 Å². The maximum atomic E-state index is 11.3. The lowest BCUT2D eigenvalue weighted by Gasteiger charge is -2.18.